The van der Waals surface area contributed by atoms with Gasteiger partial charge in [0.1, 0.15) is 6.33 Å². The van der Waals surface area contributed by atoms with Gasteiger partial charge < -0.3 is 5.32 Å². The van der Waals surface area contributed by atoms with E-state index in [-0.39, 0.29) is 0 Å². The van der Waals surface area contributed by atoms with Crippen molar-refractivity contribution in [2.75, 3.05) is 0 Å². The highest BCUT2D eigenvalue weighted by Gasteiger charge is 2.26. The molecule has 100 valence electrons. The van der Waals surface area contributed by atoms with Crippen LogP contribution in [0.25, 0.3) is 0 Å². The van der Waals surface area contributed by atoms with Crippen molar-refractivity contribution in [2.45, 2.75) is 38.3 Å². The van der Waals surface area contributed by atoms with Gasteiger partial charge in [0.2, 0.25) is 0 Å². The van der Waals surface area contributed by atoms with E-state index in [1.54, 1.807) is 6.33 Å². The minimum absolute atomic E-state index is 0.489. The number of hydrogen-bond donors (Lipinski definition) is 1. The molecular weight excluding hydrogens is 254 g/mol. The number of aromatic nitrogens is 2. The maximum absolute atomic E-state index is 4.07. The zero-order valence-corrected chi connectivity index (χ0v) is 11.8. The summed E-state index contributed by atoms with van der Waals surface area (Å²) < 4.78 is 0. The van der Waals surface area contributed by atoms with Crippen molar-refractivity contribution < 1.29 is 0 Å². The van der Waals surface area contributed by atoms with E-state index in [1.165, 1.54) is 30.6 Å². The number of thiophene rings is 1. The molecule has 0 saturated heterocycles. The number of nitrogens with one attached hydrogen (secondary N) is 1. The Labute approximate surface area is 118 Å². The molecule has 4 heteroatoms. The van der Waals surface area contributed by atoms with Gasteiger partial charge in [0.05, 0.1) is 0 Å². The Morgan fingerprint density at radius 2 is 2.05 bits per heavy atom. The van der Waals surface area contributed by atoms with E-state index in [4.69, 9.17) is 0 Å². The average molecular weight is 273 g/mol. The third-order valence-electron chi connectivity index (χ3n) is 3.86. The Morgan fingerprint density at radius 3 is 2.74 bits per heavy atom. The smallest absolute Gasteiger partial charge is 0.115 e. The number of hydrogen-bond acceptors (Lipinski definition) is 4. The quantitative estimate of drug-likeness (QED) is 0.905. The van der Waals surface area contributed by atoms with Gasteiger partial charge in [0.25, 0.3) is 0 Å². The van der Waals surface area contributed by atoms with Crippen LogP contribution in [-0.4, -0.2) is 9.97 Å². The molecular formula is C15H19N3S. The second kappa shape index (κ2) is 6.26. The first-order valence-electron chi connectivity index (χ1n) is 6.94. The lowest BCUT2D eigenvalue weighted by molar-refractivity contribution is 0.370. The van der Waals surface area contributed by atoms with E-state index in [0.717, 1.165) is 18.0 Å². The predicted molar refractivity (Wildman–Crippen MR) is 77.9 cm³/mol. The van der Waals surface area contributed by atoms with Crippen molar-refractivity contribution in [3.05, 3.63) is 46.7 Å². The molecule has 0 aromatic carbocycles. The van der Waals surface area contributed by atoms with Crippen molar-refractivity contribution in [1.29, 1.82) is 0 Å². The van der Waals surface area contributed by atoms with Crippen molar-refractivity contribution in [1.82, 2.24) is 15.3 Å². The lowest BCUT2D eigenvalue weighted by atomic mass is 9.96. The van der Waals surface area contributed by atoms with Gasteiger partial charge >= 0.3 is 0 Å². The van der Waals surface area contributed by atoms with Crippen LogP contribution in [0.1, 0.15) is 42.2 Å². The molecule has 1 unspecified atom stereocenters. The Kier molecular flexibility index (Phi) is 4.20. The monoisotopic (exact) mass is 273 g/mol. The molecule has 0 bridgehead atoms. The molecule has 1 saturated carbocycles. The summed E-state index contributed by atoms with van der Waals surface area (Å²) in [5.41, 5.74) is 1.15. The van der Waals surface area contributed by atoms with Crippen LogP contribution in [0.15, 0.2) is 36.2 Å². The van der Waals surface area contributed by atoms with Gasteiger partial charge in [-0.05, 0) is 30.2 Å². The highest BCUT2D eigenvalue weighted by molar-refractivity contribution is 7.10. The summed E-state index contributed by atoms with van der Waals surface area (Å²) in [6, 6.07) is 4.89. The summed E-state index contributed by atoms with van der Waals surface area (Å²) in [4.78, 5) is 9.61. The van der Waals surface area contributed by atoms with Crippen LogP contribution in [0.4, 0.5) is 0 Å². The molecule has 0 aliphatic heterocycles. The standard InChI is InChI=1S/C15H19N3S/c1-2-5-13(4-1)15(14-6-3-7-19-14)18-10-12-8-16-11-17-9-12/h3,6-9,11,13,15,18H,1-2,4-5,10H2. The zero-order chi connectivity index (χ0) is 12.9. The molecule has 0 spiro atoms. The highest BCUT2D eigenvalue weighted by atomic mass is 32.1. The second-order valence-corrected chi connectivity index (χ2v) is 6.14. The van der Waals surface area contributed by atoms with E-state index in [2.05, 4.69) is 32.8 Å². The second-order valence-electron chi connectivity index (χ2n) is 5.17. The molecule has 2 aromatic rings. The van der Waals surface area contributed by atoms with Gasteiger partial charge in [-0.15, -0.1) is 11.3 Å². The molecule has 1 fully saturated rings. The van der Waals surface area contributed by atoms with Gasteiger partial charge in [-0.1, -0.05) is 18.9 Å². The van der Waals surface area contributed by atoms with Crippen molar-refractivity contribution in [2.24, 2.45) is 5.92 Å². The van der Waals surface area contributed by atoms with Crippen LogP contribution >= 0.6 is 11.3 Å². The first-order valence-corrected chi connectivity index (χ1v) is 7.82. The van der Waals surface area contributed by atoms with Crippen LogP contribution in [0.5, 0.6) is 0 Å². The average Bonchev–Trinajstić information content (AvgIpc) is 3.13. The van der Waals surface area contributed by atoms with E-state index >= 15 is 0 Å². The van der Waals surface area contributed by atoms with Gasteiger partial charge in [0, 0.05) is 35.4 Å². The summed E-state index contributed by atoms with van der Waals surface area (Å²) in [5, 5.41) is 5.88. The van der Waals surface area contributed by atoms with Crippen molar-refractivity contribution >= 4 is 11.3 Å². The van der Waals surface area contributed by atoms with E-state index in [9.17, 15) is 0 Å². The molecule has 19 heavy (non-hydrogen) atoms. The van der Waals surface area contributed by atoms with Gasteiger partial charge in [-0.25, -0.2) is 9.97 Å². The molecule has 3 nitrogen and oxygen atoms in total. The summed E-state index contributed by atoms with van der Waals surface area (Å²) >= 11 is 1.86. The maximum Gasteiger partial charge on any atom is 0.115 e. The lowest BCUT2D eigenvalue weighted by Crippen LogP contribution is -2.26. The molecule has 3 rings (SSSR count). The third kappa shape index (κ3) is 3.19. The summed E-state index contributed by atoms with van der Waals surface area (Å²) in [6.07, 6.45) is 10.8. The fourth-order valence-electron chi connectivity index (χ4n) is 2.91. The van der Waals surface area contributed by atoms with Crippen molar-refractivity contribution in [3.8, 4) is 0 Å². The van der Waals surface area contributed by atoms with Crippen LogP contribution in [0, 0.1) is 5.92 Å². The third-order valence-corrected chi connectivity index (χ3v) is 4.82. The first-order chi connectivity index (χ1) is 9.43. The Morgan fingerprint density at radius 1 is 1.26 bits per heavy atom. The molecule has 0 amide bonds. The SMILES string of the molecule is c1csc(C(NCc2cncnc2)C2CCCC2)c1. The van der Waals surface area contributed by atoms with E-state index in [1.807, 2.05) is 23.7 Å². The Balaban J connectivity index is 1.69. The first kappa shape index (κ1) is 12.8. The van der Waals surface area contributed by atoms with Gasteiger partial charge in [-0.2, -0.15) is 0 Å². The van der Waals surface area contributed by atoms with E-state index < -0.39 is 0 Å². The van der Waals surface area contributed by atoms with E-state index in [0.29, 0.717) is 6.04 Å². The van der Waals surface area contributed by atoms with Gasteiger partial charge in [0.15, 0.2) is 0 Å². The lowest BCUT2D eigenvalue weighted by Gasteiger charge is -2.23. The summed E-state index contributed by atoms with van der Waals surface area (Å²) in [5.74, 6) is 0.781. The number of nitrogens with zero attached hydrogens (tertiary/aromatic N) is 2. The minimum Gasteiger partial charge on any atom is -0.305 e. The molecule has 2 heterocycles. The Bertz CT molecular complexity index is 477. The molecule has 1 N–H and O–H groups in total. The molecule has 1 aliphatic carbocycles. The topological polar surface area (TPSA) is 37.8 Å². The molecule has 1 atom stereocenters. The predicted octanol–water partition coefficient (Wildman–Crippen LogP) is 3.56. The minimum atomic E-state index is 0.489. The Hall–Kier alpha value is -1.26. The summed E-state index contributed by atoms with van der Waals surface area (Å²) in [6.45, 7) is 0.847. The van der Waals surface area contributed by atoms with Crippen molar-refractivity contribution in [3.63, 3.8) is 0 Å². The normalized spacial score (nSPS) is 17.7. The van der Waals surface area contributed by atoms with Crippen LogP contribution in [0.3, 0.4) is 0 Å². The largest absolute Gasteiger partial charge is 0.305 e. The van der Waals surface area contributed by atoms with Crippen LogP contribution < -0.4 is 5.32 Å². The zero-order valence-electron chi connectivity index (χ0n) is 11.0. The molecule has 2 aromatic heterocycles. The highest BCUT2D eigenvalue weighted by Crippen LogP contribution is 2.37. The van der Waals surface area contributed by atoms with Crippen LogP contribution in [-0.2, 0) is 6.54 Å². The molecule has 1 aliphatic rings. The molecule has 0 radical (unpaired) electrons. The number of rotatable bonds is 5. The fraction of sp³-hybridized carbons (Fsp3) is 0.467. The van der Waals surface area contributed by atoms with Crippen LogP contribution in [0.2, 0.25) is 0 Å². The van der Waals surface area contributed by atoms with Gasteiger partial charge in [-0.3, -0.25) is 0 Å². The summed E-state index contributed by atoms with van der Waals surface area (Å²) in [7, 11) is 0. The fourth-order valence-corrected chi connectivity index (χ4v) is 3.80. The maximum atomic E-state index is 4.07.